The third kappa shape index (κ3) is 9.17. The summed E-state index contributed by atoms with van der Waals surface area (Å²) < 4.78 is 121. The van der Waals surface area contributed by atoms with E-state index in [0.29, 0.717) is 45.9 Å². The average molecular weight is 996 g/mol. The number of hydrogen-bond acceptors (Lipinski definition) is 4. The fourth-order valence-electron chi connectivity index (χ4n) is 7.59. The van der Waals surface area contributed by atoms with Crippen LogP contribution < -0.4 is 5.19 Å². The number of benzene rings is 4. The van der Waals surface area contributed by atoms with Crippen LogP contribution in [0.25, 0.3) is 66.8 Å². The molecule has 1 radical (unpaired) electrons. The summed E-state index contributed by atoms with van der Waals surface area (Å²) in [6.07, 6.45) is 5.57. The van der Waals surface area contributed by atoms with Crippen molar-refractivity contribution in [1.29, 1.82) is 0 Å². The summed E-state index contributed by atoms with van der Waals surface area (Å²) >= 11 is 0. The first-order chi connectivity index (χ1) is 33.8. The van der Waals surface area contributed by atoms with Gasteiger partial charge in [-0.1, -0.05) is 123 Å². The molecule has 0 saturated heterocycles. The maximum absolute atomic E-state index is 9.25. The molecule has 60 heavy (non-hydrogen) atoms. The molecule has 1 aliphatic rings. The molecular weight excluding hydrogens is 927 g/mol. The molecule has 0 aliphatic heterocycles. The fourth-order valence-corrected chi connectivity index (χ4v) is 8.74. The zero-order valence-corrected chi connectivity index (χ0v) is 37.7. The Bertz CT molecular complexity index is 3350. The summed E-state index contributed by atoms with van der Waals surface area (Å²) in [6.45, 7) is 1.12. The van der Waals surface area contributed by atoms with Crippen LogP contribution in [0.2, 0.25) is 19.6 Å². The largest absolute Gasteiger partial charge is 0.486 e. The second-order valence-electron chi connectivity index (χ2n) is 17.0. The van der Waals surface area contributed by atoms with Crippen molar-refractivity contribution < 1.29 is 43.7 Å². The normalized spacial score (nSPS) is 18.9. The topological polar surface area (TPSA) is 51.8 Å². The Kier molecular flexibility index (Phi) is 8.33. The van der Waals surface area contributed by atoms with E-state index < -0.39 is 41.4 Å². The van der Waals surface area contributed by atoms with Crippen molar-refractivity contribution >= 4 is 35.3 Å². The van der Waals surface area contributed by atoms with Crippen LogP contribution in [0.15, 0.2) is 120 Å². The minimum atomic E-state index is -2.72. The summed E-state index contributed by atoms with van der Waals surface area (Å²) in [5, 5.41) is 2.48. The maximum atomic E-state index is 9.25. The average Bonchev–Trinajstić information content (AvgIpc) is 3.69. The zero-order valence-electron chi connectivity index (χ0n) is 48.3. The molecule has 1 fully saturated rings. The van der Waals surface area contributed by atoms with Gasteiger partial charge in [-0.25, -0.2) is 4.98 Å². The minimum absolute atomic E-state index is 0. The van der Waals surface area contributed by atoms with Crippen molar-refractivity contribution in [3.63, 3.8) is 0 Å². The van der Waals surface area contributed by atoms with Gasteiger partial charge in [-0.2, -0.15) is 0 Å². The quantitative estimate of drug-likeness (QED) is 0.123. The van der Waals surface area contributed by atoms with E-state index in [1.807, 2.05) is 42.6 Å². The molecule has 307 valence electrons. The summed E-state index contributed by atoms with van der Waals surface area (Å²) in [5.74, 6) is -1.07. The van der Waals surface area contributed by atoms with Crippen molar-refractivity contribution in [2.45, 2.75) is 92.5 Å². The number of fused-ring (bicyclic) bond motifs is 3. The molecule has 4 heterocycles. The Labute approximate surface area is 391 Å². The number of nitrogens with zero attached hydrogens (tertiary/aromatic N) is 3. The molecule has 4 nitrogen and oxygen atoms in total. The third-order valence-electron chi connectivity index (χ3n) is 11.2. The number of aryl methyl sites for hydroxylation is 4. The Morgan fingerprint density at radius 2 is 1.58 bits per heavy atom. The molecule has 9 rings (SSSR count). The van der Waals surface area contributed by atoms with Gasteiger partial charge in [0.25, 0.3) is 0 Å². The van der Waals surface area contributed by atoms with E-state index in [4.69, 9.17) is 22.2 Å². The molecule has 8 aromatic rings. The van der Waals surface area contributed by atoms with Crippen LogP contribution in [0.5, 0.6) is 0 Å². The van der Waals surface area contributed by atoms with Crippen molar-refractivity contribution in [1.82, 2.24) is 15.0 Å². The van der Waals surface area contributed by atoms with Crippen LogP contribution in [0, 0.1) is 45.0 Å². The van der Waals surface area contributed by atoms with E-state index in [0.717, 1.165) is 35.9 Å². The minimum Gasteiger partial charge on any atom is -0.486 e. The van der Waals surface area contributed by atoms with Crippen LogP contribution in [0.3, 0.4) is 0 Å². The zero-order chi connectivity index (χ0) is 53.3. The molecule has 0 unspecified atom stereocenters. The molecule has 4 aromatic heterocycles. The fraction of sp³-hybridized carbons (Fsp3) is 0.278. The van der Waals surface area contributed by atoms with E-state index in [1.165, 1.54) is 29.5 Å². The molecule has 1 saturated carbocycles. The standard InChI is InChI=1S/C33H33N2O.C21H22NSi.Ir/c1-20-17-24(23-13-15-33(4,5)16-14-23)10-12-25(20)29-18-30(34-19-21(29)2)28-8-6-7-26-27-11-9-22(3)35-32(27)36-31(26)28;1-16-10-11-18(14-20(16)17-8-6-5-7-9-17)21-15-19(12-13-22-21)23(2,3)4;/h6-7,9-12,17-19,23H,13-16H2,1-5H3;5-10,12-15H,1-4H3;/q2*-1;/i1D3,2D3,3D3,12D,23D;1D3;. The van der Waals surface area contributed by atoms with Gasteiger partial charge in [0.15, 0.2) is 0 Å². The van der Waals surface area contributed by atoms with Gasteiger partial charge < -0.3 is 14.4 Å². The van der Waals surface area contributed by atoms with E-state index in [2.05, 4.69) is 72.7 Å². The number of furan rings is 1. The molecule has 6 heteroatoms. The van der Waals surface area contributed by atoms with E-state index in [9.17, 15) is 1.37 Å². The van der Waals surface area contributed by atoms with Gasteiger partial charge in [0.05, 0.1) is 15.0 Å². The molecule has 0 bridgehead atoms. The Hall–Kier alpha value is -5.00. The predicted molar refractivity (Wildman–Crippen MR) is 250 cm³/mol. The second kappa shape index (κ2) is 17.5. The summed E-state index contributed by atoms with van der Waals surface area (Å²) in [7, 11) is -1.46. The van der Waals surface area contributed by atoms with Gasteiger partial charge in [-0.3, -0.25) is 0 Å². The molecule has 0 N–H and O–H groups in total. The van der Waals surface area contributed by atoms with Gasteiger partial charge in [0.2, 0.25) is 5.71 Å². The SMILES string of the molecule is [2H]C([2H])([2H])c1c[c-]c(-c2cc([Si](C)(C)C)ccn2)cc1-c1ccccc1.[2H]c1cc(C2([2H])CCC(C)(C)CC2)cc(C([2H])([2H])[2H])c1-c1cc(-c2[c-]ccc3c2oc2nc(C([2H])([2H])[2H])ccc23)ncc1C([2H])([2H])[2H].[Ir]. The van der Waals surface area contributed by atoms with Gasteiger partial charge in [-0.05, 0) is 121 Å². The van der Waals surface area contributed by atoms with Gasteiger partial charge >= 0.3 is 0 Å². The molecule has 4 aromatic carbocycles. The van der Waals surface area contributed by atoms with Crippen LogP contribution in [0.1, 0.15) is 92.6 Å². The first-order valence-corrected chi connectivity index (χ1v) is 23.3. The number of pyridine rings is 3. The van der Waals surface area contributed by atoms with Gasteiger partial charge in [0, 0.05) is 61.4 Å². The summed E-state index contributed by atoms with van der Waals surface area (Å²) in [5.41, 5.74) is 4.34. The molecular formula is C54H55IrN3OSi-2. The first kappa shape index (κ1) is 28.5. The van der Waals surface area contributed by atoms with Crippen molar-refractivity contribution in [2.75, 3.05) is 0 Å². The summed E-state index contributed by atoms with van der Waals surface area (Å²) in [6, 6.07) is 34.1. The number of rotatable bonds is 6. The van der Waals surface area contributed by atoms with Crippen molar-refractivity contribution in [2.24, 2.45) is 5.41 Å². The van der Waals surface area contributed by atoms with Crippen molar-refractivity contribution in [3.05, 3.63) is 156 Å². The molecule has 1 aliphatic carbocycles. The van der Waals surface area contributed by atoms with Gasteiger partial charge in [-0.15, -0.1) is 47.5 Å². The van der Waals surface area contributed by atoms with Crippen molar-refractivity contribution in [3.8, 4) is 44.8 Å². The summed E-state index contributed by atoms with van der Waals surface area (Å²) in [4.78, 5) is 13.1. The van der Waals surface area contributed by atoms with Crippen LogP contribution >= 0.6 is 0 Å². The first-order valence-electron chi connectivity index (χ1n) is 26.8. The second-order valence-corrected chi connectivity index (χ2v) is 22.1. The maximum Gasteiger partial charge on any atom is 0.216 e. The predicted octanol–water partition coefficient (Wildman–Crippen LogP) is 14.2. The van der Waals surface area contributed by atoms with Crippen LogP contribution in [-0.4, -0.2) is 23.0 Å². The molecule has 0 spiro atoms. The van der Waals surface area contributed by atoms with Crippen LogP contribution in [0.4, 0.5) is 0 Å². The Morgan fingerprint density at radius 1 is 0.783 bits per heavy atom. The van der Waals surface area contributed by atoms with Crippen LogP contribution in [-0.2, 0) is 20.1 Å². The Balaban J connectivity index is 0.000000251. The smallest absolute Gasteiger partial charge is 0.216 e. The van der Waals surface area contributed by atoms with E-state index >= 15 is 0 Å². The third-order valence-corrected chi connectivity index (χ3v) is 13.3. The Morgan fingerprint density at radius 3 is 2.33 bits per heavy atom. The molecule has 0 atom stereocenters. The number of hydrogen-bond donors (Lipinski definition) is 0. The van der Waals surface area contributed by atoms with E-state index in [-0.39, 0.29) is 76.5 Å². The number of aromatic nitrogens is 3. The monoisotopic (exact) mass is 996 g/mol. The molecule has 0 amide bonds. The van der Waals surface area contributed by atoms with Gasteiger partial charge in [0.1, 0.15) is 0 Å². The van der Waals surface area contributed by atoms with E-state index in [1.54, 1.807) is 24.3 Å².